The van der Waals surface area contributed by atoms with Crippen molar-refractivity contribution < 1.29 is 13.2 Å². The summed E-state index contributed by atoms with van der Waals surface area (Å²) in [5.41, 5.74) is 2.59. The molecule has 0 radical (unpaired) electrons. The molecule has 0 bridgehead atoms. The molecule has 0 aliphatic carbocycles. The molecule has 2 aromatic carbocycles. The van der Waals surface area contributed by atoms with Crippen LogP contribution >= 0.6 is 11.8 Å². The highest BCUT2D eigenvalue weighted by Crippen LogP contribution is 2.41. The third kappa shape index (κ3) is 5.51. The molecule has 0 unspecified atom stereocenters. The van der Waals surface area contributed by atoms with E-state index in [0.717, 1.165) is 39.5 Å². The number of thioether (sulfide) groups is 1. The molecule has 0 saturated carbocycles. The van der Waals surface area contributed by atoms with E-state index >= 15 is 0 Å². The van der Waals surface area contributed by atoms with E-state index in [4.69, 9.17) is 0 Å². The molecule has 0 saturated heterocycles. The Kier molecular flexibility index (Phi) is 6.11. The molecule has 170 valence electrons. The summed E-state index contributed by atoms with van der Waals surface area (Å²) in [6.07, 6.45) is -3.60. The van der Waals surface area contributed by atoms with E-state index < -0.39 is 11.7 Å². The second kappa shape index (κ2) is 8.86. The van der Waals surface area contributed by atoms with Crippen molar-refractivity contribution in [2.45, 2.75) is 36.6 Å². The molecule has 0 aliphatic rings. The van der Waals surface area contributed by atoms with E-state index in [1.807, 2.05) is 42.5 Å². The van der Waals surface area contributed by atoms with Crippen molar-refractivity contribution in [3.8, 4) is 22.5 Å². The summed E-state index contributed by atoms with van der Waals surface area (Å²) in [5, 5.41) is 17.3. The average molecular weight is 471 g/mol. The number of hydrogen-bond acceptors (Lipinski definition) is 6. The van der Waals surface area contributed by atoms with Gasteiger partial charge in [0.05, 0.1) is 11.3 Å². The monoisotopic (exact) mass is 470 g/mol. The minimum absolute atomic E-state index is 0.0745. The van der Waals surface area contributed by atoms with Gasteiger partial charge in [-0.3, -0.25) is 0 Å². The zero-order valence-corrected chi connectivity index (χ0v) is 18.9. The molecule has 0 spiro atoms. The lowest BCUT2D eigenvalue weighted by Gasteiger charge is -2.21. The molecule has 0 aliphatic heterocycles. The number of H-pyrrole nitrogens is 1. The van der Waals surface area contributed by atoms with Crippen LogP contribution in [0.4, 0.5) is 24.7 Å². The summed E-state index contributed by atoms with van der Waals surface area (Å²) in [6, 6.07) is 16.0. The van der Waals surface area contributed by atoms with Crippen LogP contribution in [0.3, 0.4) is 0 Å². The predicted octanol–water partition coefficient (Wildman–Crippen LogP) is 6.58. The van der Waals surface area contributed by atoms with Gasteiger partial charge in [-0.05, 0) is 45.8 Å². The van der Waals surface area contributed by atoms with Crippen LogP contribution in [0.5, 0.6) is 0 Å². The van der Waals surface area contributed by atoms with E-state index in [1.165, 1.54) is 6.07 Å². The van der Waals surface area contributed by atoms with Gasteiger partial charge in [0.1, 0.15) is 5.82 Å². The lowest BCUT2D eigenvalue weighted by molar-refractivity contribution is -0.137. The zero-order chi connectivity index (χ0) is 23.6. The standard InChI is InChI=1S/C23H21F3N6S/c1-22(2,3)33-19-10-8-14(16-6-4-5-7-17(16)21-29-31-32-30-21)12-18(19)28-20-11-9-15(13-27-20)23(24,25)26/h4-13H,1-3H3,(H,27,28)(H,29,30,31,32). The van der Waals surface area contributed by atoms with Gasteiger partial charge in [0.2, 0.25) is 0 Å². The summed E-state index contributed by atoms with van der Waals surface area (Å²) in [4.78, 5) is 4.92. The number of nitrogens with zero attached hydrogens (tertiary/aromatic N) is 4. The van der Waals surface area contributed by atoms with Crippen molar-refractivity contribution in [3.05, 3.63) is 66.4 Å². The SMILES string of the molecule is CC(C)(C)Sc1ccc(-c2ccccc2-c2nnn[nH]2)cc1Nc1ccc(C(F)(F)F)cn1. The molecule has 2 N–H and O–H groups in total. The number of tetrazole rings is 1. The van der Waals surface area contributed by atoms with Crippen molar-refractivity contribution in [3.63, 3.8) is 0 Å². The molecule has 0 fully saturated rings. The molecular formula is C23H21F3N6S. The first-order valence-corrected chi connectivity index (χ1v) is 10.9. The largest absolute Gasteiger partial charge is 0.417 e. The molecule has 33 heavy (non-hydrogen) atoms. The Morgan fingerprint density at radius 1 is 0.939 bits per heavy atom. The maximum atomic E-state index is 12.9. The van der Waals surface area contributed by atoms with Gasteiger partial charge in [0, 0.05) is 21.4 Å². The number of nitrogens with one attached hydrogen (secondary N) is 2. The molecular weight excluding hydrogens is 449 g/mol. The smallest absolute Gasteiger partial charge is 0.339 e. The first-order valence-electron chi connectivity index (χ1n) is 10.1. The topological polar surface area (TPSA) is 79.4 Å². The number of alkyl halides is 3. The molecule has 0 amide bonds. The Morgan fingerprint density at radius 3 is 2.30 bits per heavy atom. The average Bonchev–Trinajstić information content (AvgIpc) is 3.29. The highest BCUT2D eigenvalue weighted by Gasteiger charge is 2.30. The Labute approximate surface area is 193 Å². The third-order valence-corrected chi connectivity index (χ3v) is 5.78. The highest BCUT2D eigenvalue weighted by molar-refractivity contribution is 8.00. The Bertz CT molecular complexity index is 1230. The zero-order valence-electron chi connectivity index (χ0n) is 18.1. The van der Waals surface area contributed by atoms with Crippen LogP contribution in [0.1, 0.15) is 26.3 Å². The molecule has 6 nitrogen and oxygen atoms in total. The van der Waals surface area contributed by atoms with Crippen molar-refractivity contribution in [2.75, 3.05) is 5.32 Å². The maximum Gasteiger partial charge on any atom is 0.417 e. The van der Waals surface area contributed by atoms with Gasteiger partial charge in [0.15, 0.2) is 5.82 Å². The number of aromatic nitrogens is 5. The van der Waals surface area contributed by atoms with Crippen molar-refractivity contribution in [1.29, 1.82) is 0 Å². The number of anilines is 2. The van der Waals surface area contributed by atoms with E-state index in [2.05, 4.69) is 51.7 Å². The summed E-state index contributed by atoms with van der Waals surface area (Å²) < 4.78 is 38.7. The number of benzene rings is 2. The van der Waals surface area contributed by atoms with Crippen molar-refractivity contribution in [2.24, 2.45) is 0 Å². The number of hydrogen-bond donors (Lipinski definition) is 2. The minimum Gasteiger partial charge on any atom is -0.339 e. The van der Waals surface area contributed by atoms with Gasteiger partial charge in [-0.1, -0.05) is 51.1 Å². The Balaban J connectivity index is 1.75. The second-order valence-corrected chi connectivity index (χ2v) is 10.1. The quantitative estimate of drug-likeness (QED) is 0.321. The fourth-order valence-electron chi connectivity index (χ4n) is 3.20. The van der Waals surface area contributed by atoms with Gasteiger partial charge in [0.25, 0.3) is 0 Å². The van der Waals surface area contributed by atoms with Crippen molar-refractivity contribution in [1.82, 2.24) is 25.6 Å². The normalized spacial score (nSPS) is 12.1. The second-order valence-electron chi connectivity index (χ2n) is 8.28. The first kappa shape index (κ1) is 22.8. The van der Waals surface area contributed by atoms with E-state index in [1.54, 1.807) is 11.8 Å². The number of aromatic amines is 1. The van der Waals surface area contributed by atoms with E-state index in [9.17, 15) is 13.2 Å². The van der Waals surface area contributed by atoms with Crippen LogP contribution < -0.4 is 5.32 Å². The van der Waals surface area contributed by atoms with Crippen LogP contribution in [-0.4, -0.2) is 30.4 Å². The number of halogens is 3. The summed E-state index contributed by atoms with van der Waals surface area (Å²) in [5.74, 6) is 0.862. The molecule has 4 rings (SSSR count). The summed E-state index contributed by atoms with van der Waals surface area (Å²) in [6.45, 7) is 6.29. The molecule has 10 heteroatoms. The van der Waals surface area contributed by atoms with Gasteiger partial charge >= 0.3 is 6.18 Å². The lowest BCUT2D eigenvalue weighted by atomic mass is 9.99. The Hall–Kier alpha value is -3.40. The summed E-state index contributed by atoms with van der Waals surface area (Å²) >= 11 is 1.65. The van der Waals surface area contributed by atoms with Gasteiger partial charge < -0.3 is 5.32 Å². The molecule has 2 heterocycles. The number of rotatable bonds is 5. The van der Waals surface area contributed by atoms with Crippen LogP contribution in [-0.2, 0) is 6.18 Å². The van der Waals surface area contributed by atoms with Gasteiger partial charge in [-0.2, -0.15) is 13.2 Å². The molecule has 4 aromatic rings. The van der Waals surface area contributed by atoms with E-state index in [-0.39, 0.29) is 4.75 Å². The fraction of sp³-hybridized carbons (Fsp3) is 0.217. The van der Waals surface area contributed by atoms with Gasteiger partial charge in [-0.25, -0.2) is 10.1 Å². The highest BCUT2D eigenvalue weighted by atomic mass is 32.2. The maximum absolute atomic E-state index is 12.9. The fourth-order valence-corrected chi connectivity index (χ4v) is 4.22. The predicted molar refractivity (Wildman–Crippen MR) is 123 cm³/mol. The van der Waals surface area contributed by atoms with Crippen LogP contribution in [0, 0.1) is 0 Å². The third-order valence-electron chi connectivity index (χ3n) is 4.59. The Morgan fingerprint density at radius 2 is 1.70 bits per heavy atom. The van der Waals surface area contributed by atoms with Crippen LogP contribution in [0.25, 0.3) is 22.5 Å². The number of pyridine rings is 1. The first-order chi connectivity index (χ1) is 15.6. The van der Waals surface area contributed by atoms with Crippen molar-refractivity contribution >= 4 is 23.3 Å². The summed E-state index contributed by atoms with van der Waals surface area (Å²) in [7, 11) is 0. The minimum atomic E-state index is -4.43. The van der Waals surface area contributed by atoms with Crippen LogP contribution in [0.2, 0.25) is 0 Å². The molecule has 0 atom stereocenters. The van der Waals surface area contributed by atoms with E-state index in [0.29, 0.717) is 11.6 Å². The lowest BCUT2D eigenvalue weighted by Crippen LogP contribution is -2.08. The van der Waals surface area contributed by atoms with Gasteiger partial charge in [-0.15, -0.1) is 16.9 Å². The molecule has 2 aromatic heterocycles. The van der Waals surface area contributed by atoms with Crippen LogP contribution in [0.15, 0.2) is 65.7 Å².